The molecule has 2 rings (SSSR count). The standard InChI is InChI=1S/C18H23F2N3O2/c1-2-3-4-13(10-21)23-17(24)7-8-18-22-11-16(25-18)14-6-5-12(19)9-15(14)20/h5-6,9,11,13H,2-4,7-8,10,21H2,1H3,(H,23,24). The Morgan fingerprint density at radius 3 is 2.88 bits per heavy atom. The van der Waals surface area contributed by atoms with Crippen LogP contribution in [0.1, 0.15) is 38.5 Å². The summed E-state index contributed by atoms with van der Waals surface area (Å²) in [7, 11) is 0. The molecule has 1 aromatic carbocycles. The number of rotatable bonds is 9. The van der Waals surface area contributed by atoms with Crippen LogP contribution in [0.2, 0.25) is 0 Å². The van der Waals surface area contributed by atoms with Gasteiger partial charge in [-0.2, -0.15) is 0 Å². The van der Waals surface area contributed by atoms with Gasteiger partial charge in [0.2, 0.25) is 5.91 Å². The highest BCUT2D eigenvalue weighted by atomic mass is 19.1. The van der Waals surface area contributed by atoms with Gasteiger partial charge in [0.25, 0.3) is 0 Å². The molecule has 1 unspecified atom stereocenters. The summed E-state index contributed by atoms with van der Waals surface area (Å²) in [6.45, 7) is 2.48. The molecular formula is C18H23F2N3O2. The minimum absolute atomic E-state index is 0.0270. The van der Waals surface area contributed by atoms with Crippen LogP contribution in [0.5, 0.6) is 0 Å². The molecule has 1 atom stereocenters. The maximum atomic E-state index is 13.7. The van der Waals surface area contributed by atoms with E-state index in [0.29, 0.717) is 18.9 Å². The number of unbranched alkanes of at least 4 members (excludes halogenated alkanes) is 1. The second kappa shape index (κ2) is 9.27. The third-order valence-electron chi connectivity index (χ3n) is 3.87. The Morgan fingerprint density at radius 2 is 2.20 bits per heavy atom. The van der Waals surface area contributed by atoms with E-state index < -0.39 is 11.6 Å². The van der Waals surface area contributed by atoms with Crippen molar-refractivity contribution in [2.75, 3.05) is 6.54 Å². The van der Waals surface area contributed by atoms with E-state index in [-0.39, 0.29) is 29.7 Å². The number of aromatic nitrogens is 1. The second-order valence-corrected chi connectivity index (χ2v) is 5.88. The van der Waals surface area contributed by atoms with Crippen LogP contribution in [0.15, 0.2) is 28.8 Å². The molecule has 0 saturated heterocycles. The van der Waals surface area contributed by atoms with Crippen molar-refractivity contribution in [1.29, 1.82) is 0 Å². The lowest BCUT2D eigenvalue weighted by Gasteiger charge is -2.16. The Kier molecular flexibility index (Phi) is 7.06. The zero-order valence-corrected chi connectivity index (χ0v) is 14.2. The van der Waals surface area contributed by atoms with E-state index in [1.165, 1.54) is 12.3 Å². The number of aryl methyl sites for hydroxylation is 1. The number of oxazole rings is 1. The van der Waals surface area contributed by atoms with Crippen LogP contribution < -0.4 is 11.1 Å². The van der Waals surface area contributed by atoms with E-state index in [0.717, 1.165) is 31.4 Å². The largest absolute Gasteiger partial charge is 0.441 e. The first kappa shape index (κ1) is 19.1. The molecule has 0 fully saturated rings. The molecule has 7 heteroatoms. The van der Waals surface area contributed by atoms with Crippen molar-refractivity contribution in [3.8, 4) is 11.3 Å². The Bertz CT molecular complexity index is 703. The number of amides is 1. The number of carbonyl (C=O) groups is 1. The third-order valence-corrected chi connectivity index (χ3v) is 3.87. The number of nitrogens with one attached hydrogen (secondary N) is 1. The molecule has 1 amide bonds. The van der Waals surface area contributed by atoms with Gasteiger partial charge >= 0.3 is 0 Å². The summed E-state index contributed by atoms with van der Waals surface area (Å²) in [6, 6.07) is 3.20. The minimum atomic E-state index is -0.720. The average molecular weight is 351 g/mol. The van der Waals surface area contributed by atoms with Crippen LogP contribution in [-0.2, 0) is 11.2 Å². The van der Waals surface area contributed by atoms with Gasteiger partial charge in [-0.3, -0.25) is 4.79 Å². The fourth-order valence-corrected chi connectivity index (χ4v) is 2.46. The zero-order chi connectivity index (χ0) is 18.2. The highest BCUT2D eigenvalue weighted by Gasteiger charge is 2.14. The van der Waals surface area contributed by atoms with Crippen LogP contribution in [0, 0.1) is 11.6 Å². The van der Waals surface area contributed by atoms with Crippen molar-refractivity contribution in [3.63, 3.8) is 0 Å². The normalized spacial score (nSPS) is 12.2. The smallest absolute Gasteiger partial charge is 0.220 e. The summed E-state index contributed by atoms with van der Waals surface area (Å²) in [5.74, 6) is -0.973. The number of nitrogens with zero attached hydrogens (tertiary/aromatic N) is 1. The molecule has 5 nitrogen and oxygen atoms in total. The number of benzene rings is 1. The first-order chi connectivity index (χ1) is 12.0. The first-order valence-corrected chi connectivity index (χ1v) is 8.43. The fourth-order valence-electron chi connectivity index (χ4n) is 2.46. The monoisotopic (exact) mass is 351 g/mol. The third kappa shape index (κ3) is 5.63. The minimum Gasteiger partial charge on any atom is -0.441 e. The van der Waals surface area contributed by atoms with Crippen molar-refractivity contribution < 1.29 is 18.0 Å². The molecule has 0 radical (unpaired) electrons. The topological polar surface area (TPSA) is 81.1 Å². The van der Waals surface area contributed by atoms with Crippen LogP contribution in [0.25, 0.3) is 11.3 Å². The van der Waals surface area contributed by atoms with Crippen LogP contribution in [-0.4, -0.2) is 23.5 Å². The van der Waals surface area contributed by atoms with Gasteiger partial charge < -0.3 is 15.5 Å². The zero-order valence-electron chi connectivity index (χ0n) is 14.2. The molecule has 1 heterocycles. The molecular weight excluding hydrogens is 328 g/mol. The van der Waals surface area contributed by atoms with Crippen molar-refractivity contribution in [1.82, 2.24) is 10.3 Å². The Balaban J connectivity index is 1.89. The van der Waals surface area contributed by atoms with Gasteiger partial charge in [0.05, 0.1) is 11.8 Å². The van der Waals surface area contributed by atoms with E-state index in [1.807, 2.05) is 0 Å². The number of hydrogen-bond donors (Lipinski definition) is 2. The van der Waals surface area contributed by atoms with Gasteiger partial charge in [-0.05, 0) is 18.6 Å². The molecule has 0 aliphatic heterocycles. The predicted molar refractivity (Wildman–Crippen MR) is 90.7 cm³/mol. The second-order valence-electron chi connectivity index (χ2n) is 5.88. The molecule has 25 heavy (non-hydrogen) atoms. The van der Waals surface area contributed by atoms with Crippen LogP contribution in [0.3, 0.4) is 0 Å². The molecule has 1 aromatic heterocycles. The van der Waals surface area contributed by atoms with Crippen molar-refractivity contribution in [2.45, 2.75) is 45.1 Å². The summed E-state index contributed by atoms with van der Waals surface area (Å²) in [4.78, 5) is 16.0. The summed E-state index contributed by atoms with van der Waals surface area (Å²) >= 11 is 0. The number of nitrogens with two attached hydrogens (primary N) is 1. The fraction of sp³-hybridized carbons (Fsp3) is 0.444. The van der Waals surface area contributed by atoms with Crippen molar-refractivity contribution in [2.24, 2.45) is 5.73 Å². The Labute approximate surface area is 145 Å². The molecule has 0 aliphatic rings. The molecule has 0 aliphatic carbocycles. The lowest BCUT2D eigenvalue weighted by molar-refractivity contribution is -0.121. The van der Waals surface area contributed by atoms with Crippen LogP contribution in [0.4, 0.5) is 8.78 Å². The summed E-state index contributed by atoms with van der Waals surface area (Å²) < 4.78 is 32.1. The molecule has 2 aromatic rings. The van der Waals surface area contributed by atoms with Gasteiger partial charge in [0, 0.05) is 31.5 Å². The predicted octanol–water partition coefficient (Wildman–Crippen LogP) is 3.19. The first-order valence-electron chi connectivity index (χ1n) is 8.43. The van der Waals surface area contributed by atoms with Gasteiger partial charge in [-0.1, -0.05) is 19.8 Å². The van der Waals surface area contributed by atoms with E-state index in [1.54, 1.807) is 0 Å². The van der Waals surface area contributed by atoms with Gasteiger partial charge in [-0.25, -0.2) is 13.8 Å². The maximum Gasteiger partial charge on any atom is 0.220 e. The molecule has 136 valence electrons. The Morgan fingerprint density at radius 1 is 1.40 bits per heavy atom. The summed E-state index contributed by atoms with van der Waals surface area (Å²) in [5.41, 5.74) is 5.79. The number of hydrogen-bond acceptors (Lipinski definition) is 4. The quantitative estimate of drug-likeness (QED) is 0.727. The highest BCUT2D eigenvalue weighted by Crippen LogP contribution is 2.24. The van der Waals surface area contributed by atoms with Crippen molar-refractivity contribution >= 4 is 5.91 Å². The van der Waals surface area contributed by atoms with Crippen LogP contribution >= 0.6 is 0 Å². The molecule has 0 saturated carbocycles. The molecule has 3 N–H and O–H groups in total. The number of carbonyl (C=O) groups excluding carboxylic acids is 1. The van der Waals surface area contributed by atoms with Gasteiger partial charge in [0.1, 0.15) is 11.6 Å². The lowest BCUT2D eigenvalue weighted by atomic mass is 10.1. The van der Waals surface area contributed by atoms with Gasteiger partial charge in [-0.15, -0.1) is 0 Å². The highest BCUT2D eigenvalue weighted by molar-refractivity contribution is 5.76. The van der Waals surface area contributed by atoms with E-state index >= 15 is 0 Å². The van der Waals surface area contributed by atoms with Crippen molar-refractivity contribution in [3.05, 3.63) is 41.9 Å². The molecule has 0 spiro atoms. The lowest BCUT2D eigenvalue weighted by Crippen LogP contribution is -2.40. The van der Waals surface area contributed by atoms with E-state index in [2.05, 4.69) is 17.2 Å². The van der Waals surface area contributed by atoms with E-state index in [4.69, 9.17) is 10.2 Å². The average Bonchev–Trinajstić information content (AvgIpc) is 3.05. The van der Waals surface area contributed by atoms with E-state index in [9.17, 15) is 13.6 Å². The maximum absolute atomic E-state index is 13.7. The summed E-state index contributed by atoms with van der Waals surface area (Å²) in [6.07, 6.45) is 4.77. The summed E-state index contributed by atoms with van der Waals surface area (Å²) in [5, 5.41) is 2.89. The Hall–Kier alpha value is -2.28. The van der Waals surface area contributed by atoms with Gasteiger partial charge in [0.15, 0.2) is 11.7 Å². The number of halogens is 2. The molecule has 0 bridgehead atoms. The SMILES string of the molecule is CCCCC(CN)NC(=O)CCc1ncc(-c2ccc(F)cc2F)o1.